The number of hydrogen-bond donors (Lipinski definition) is 1. The fourth-order valence-corrected chi connectivity index (χ4v) is 7.85. The van der Waals surface area contributed by atoms with E-state index in [0.717, 1.165) is 19.3 Å². The lowest BCUT2D eigenvalue weighted by molar-refractivity contribution is -0.0600. The summed E-state index contributed by atoms with van der Waals surface area (Å²) < 4.78 is 6.61. The molecule has 3 atom stereocenters. The van der Waals surface area contributed by atoms with Gasteiger partial charge in [-0.2, -0.15) is 0 Å². The van der Waals surface area contributed by atoms with Crippen LogP contribution in [0.5, 0.6) is 0 Å². The Hall–Kier alpha value is 0.137. The molecule has 0 aromatic heterocycles. The molecule has 2 aliphatic carbocycles. The first-order valence-electron chi connectivity index (χ1n) is 7.82. The zero-order valence-electron chi connectivity index (χ0n) is 13.5. The minimum absolute atomic E-state index is 0.0901. The van der Waals surface area contributed by atoms with Gasteiger partial charge < -0.3 is 9.53 Å². The van der Waals surface area contributed by atoms with Gasteiger partial charge in [-0.3, -0.25) is 0 Å². The average Bonchev–Trinajstić information content (AvgIpc) is 2.68. The molecule has 0 aromatic carbocycles. The Labute approximate surface area is 120 Å². The van der Waals surface area contributed by atoms with E-state index in [1.807, 2.05) is 0 Å². The van der Waals surface area contributed by atoms with E-state index in [4.69, 9.17) is 4.43 Å². The standard InChI is InChI=1S/C16H31O2Si/c1-14(2,3)19(15(4,5)6)18-13-10-9-12-8-7-11-16(12,13)17/h12-13,17H,7-11H2,1-6H3/t12?,13?,16-/m1/s1. The van der Waals surface area contributed by atoms with Crippen molar-refractivity contribution in [1.82, 2.24) is 0 Å². The zero-order chi connectivity index (χ0) is 14.5. The van der Waals surface area contributed by atoms with E-state index in [9.17, 15) is 5.11 Å². The predicted molar refractivity (Wildman–Crippen MR) is 81.6 cm³/mol. The summed E-state index contributed by atoms with van der Waals surface area (Å²) in [6.45, 7) is 13.7. The van der Waals surface area contributed by atoms with Crippen LogP contribution in [0, 0.1) is 5.92 Å². The molecule has 2 fully saturated rings. The summed E-state index contributed by atoms with van der Waals surface area (Å²) in [5.41, 5.74) is -0.508. The Kier molecular flexibility index (Phi) is 3.96. The quantitative estimate of drug-likeness (QED) is 0.766. The Bertz CT molecular complexity index is 315. The maximum absolute atomic E-state index is 11.0. The van der Waals surface area contributed by atoms with Gasteiger partial charge in [0, 0.05) is 0 Å². The third-order valence-electron chi connectivity index (χ3n) is 4.79. The van der Waals surface area contributed by atoms with Crippen molar-refractivity contribution in [2.24, 2.45) is 5.92 Å². The molecule has 0 amide bonds. The van der Waals surface area contributed by atoms with Gasteiger partial charge in [-0.25, -0.2) is 0 Å². The lowest BCUT2D eigenvalue weighted by atomic mass is 9.93. The summed E-state index contributed by atoms with van der Waals surface area (Å²) >= 11 is 0. The van der Waals surface area contributed by atoms with Crippen molar-refractivity contribution >= 4 is 9.04 Å². The SMILES string of the molecule is CC(C)(C)[Si](OC1CCC2CCC[C@@]21O)C(C)(C)C. The molecule has 19 heavy (non-hydrogen) atoms. The van der Waals surface area contributed by atoms with E-state index < -0.39 is 14.6 Å². The number of fused-ring (bicyclic) bond motifs is 1. The monoisotopic (exact) mass is 283 g/mol. The highest BCUT2D eigenvalue weighted by Gasteiger charge is 2.54. The number of hydrogen-bond acceptors (Lipinski definition) is 2. The van der Waals surface area contributed by atoms with Crippen LogP contribution in [-0.2, 0) is 4.43 Å². The molecule has 2 saturated carbocycles. The Morgan fingerprint density at radius 3 is 2.11 bits per heavy atom. The van der Waals surface area contributed by atoms with Crippen LogP contribution in [0.4, 0.5) is 0 Å². The summed E-state index contributed by atoms with van der Waals surface area (Å²) in [4.78, 5) is 0. The molecular formula is C16H31O2Si. The molecule has 0 bridgehead atoms. The third kappa shape index (κ3) is 2.93. The van der Waals surface area contributed by atoms with Crippen molar-refractivity contribution in [2.45, 2.75) is 95.4 Å². The Balaban J connectivity index is 2.15. The molecule has 1 radical (unpaired) electrons. The van der Waals surface area contributed by atoms with E-state index in [2.05, 4.69) is 41.5 Å². The fourth-order valence-electron chi connectivity index (χ4n) is 4.29. The normalized spacial score (nSPS) is 36.0. The molecule has 2 unspecified atom stereocenters. The number of rotatable bonds is 2. The van der Waals surface area contributed by atoms with Crippen LogP contribution in [0.1, 0.15) is 73.6 Å². The van der Waals surface area contributed by atoms with Gasteiger partial charge >= 0.3 is 0 Å². The summed E-state index contributed by atoms with van der Waals surface area (Å²) in [7, 11) is -0.994. The van der Waals surface area contributed by atoms with E-state index in [1.54, 1.807) is 0 Å². The molecule has 2 nitrogen and oxygen atoms in total. The van der Waals surface area contributed by atoms with E-state index in [0.29, 0.717) is 5.92 Å². The highest BCUT2D eigenvalue weighted by atomic mass is 28.3. The van der Waals surface area contributed by atoms with Crippen molar-refractivity contribution < 1.29 is 9.53 Å². The molecule has 0 aromatic rings. The highest BCUT2D eigenvalue weighted by Crippen LogP contribution is 2.51. The van der Waals surface area contributed by atoms with Gasteiger partial charge in [-0.05, 0) is 41.7 Å². The molecule has 2 aliphatic rings. The van der Waals surface area contributed by atoms with Gasteiger partial charge in [-0.1, -0.05) is 48.0 Å². The van der Waals surface area contributed by atoms with E-state index >= 15 is 0 Å². The molecule has 111 valence electrons. The second kappa shape index (κ2) is 4.85. The van der Waals surface area contributed by atoms with Crippen LogP contribution >= 0.6 is 0 Å². The van der Waals surface area contributed by atoms with Crippen LogP contribution in [0.2, 0.25) is 10.1 Å². The maximum atomic E-state index is 11.0. The van der Waals surface area contributed by atoms with Crippen LogP contribution in [0.3, 0.4) is 0 Å². The smallest absolute Gasteiger partial charge is 0.223 e. The van der Waals surface area contributed by atoms with Crippen molar-refractivity contribution in [2.75, 3.05) is 0 Å². The molecule has 0 spiro atoms. The molecule has 0 saturated heterocycles. The number of aliphatic hydroxyl groups is 1. The first-order chi connectivity index (χ1) is 8.55. The van der Waals surface area contributed by atoms with Crippen molar-refractivity contribution in [3.63, 3.8) is 0 Å². The molecule has 0 aliphatic heterocycles. The van der Waals surface area contributed by atoms with Crippen LogP contribution < -0.4 is 0 Å². The minimum Gasteiger partial charge on any atom is -0.410 e. The minimum atomic E-state index is -0.994. The summed E-state index contributed by atoms with van der Waals surface area (Å²) in [5, 5.41) is 11.4. The maximum Gasteiger partial charge on any atom is 0.223 e. The Morgan fingerprint density at radius 2 is 1.58 bits per heavy atom. The van der Waals surface area contributed by atoms with Gasteiger partial charge in [0.25, 0.3) is 0 Å². The topological polar surface area (TPSA) is 29.5 Å². The Morgan fingerprint density at radius 1 is 1.00 bits per heavy atom. The first kappa shape index (κ1) is 15.5. The summed E-state index contributed by atoms with van der Waals surface area (Å²) in [5.74, 6) is 0.501. The predicted octanol–water partition coefficient (Wildman–Crippen LogP) is 4.29. The lowest BCUT2D eigenvalue weighted by Gasteiger charge is -2.42. The van der Waals surface area contributed by atoms with Gasteiger partial charge in [0.2, 0.25) is 9.04 Å². The van der Waals surface area contributed by atoms with Crippen molar-refractivity contribution in [3.8, 4) is 0 Å². The van der Waals surface area contributed by atoms with Crippen LogP contribution in [0.15, 0.2) is 0 Å². The summed E-state index contributed by atoms with van der Waals surface area (Å²) in [6.07, 6.45) is 5.63. The van der Waals surface area contributed by atoms with Crippen LogP contribution in [-0.4, -0.2) is 25.9 Å². The van der Waals surface area contributed by atoms with E-state index in [-0.39, 0.29) is 16.2 Å². The van der Waals surface area contributed by atoms with Crippen molar-refractivity contribution in [3.05, 3.63) is 0 Å². The fraction of sp³-hybridized carbons (Fsp3) is 1.00. The molecular weight excluding hydrogens is 252 g/mol. The second-order valence-electron chi connectivity index (χ2n) is 8.59. The molecule has 0 heterocycles. The van der Waals surface area contributed by atoms with Gasteiger partial charge in [0.1, 0.15) is 0 Å². The third-order valence-corrected chi connectivity index (χ3v) is 8.04. The van der Waals surface area contributed by atoms with Crippen LogP contribution in [0.25, 0.3) is 0 Å². The van der Waals surface area contributed by atoms with Gasteiger partial charge in [0.05, 0.1) is 11.7 Å². The second-order valence-corrected chi connectivity index (χ2v) is 12.5. The summed E-state index contributed by atoms with van der Waals surface area (Å²) in [6, 6.07) is 0. The highest BCUT2D eigenvalue weighted by molar-refractivity contribution is 6.58. The average molecular weight is 284 g/mol. The van der Waals surface area contributed by atoms with Gasteiger partial charge in [0.15, 0.2) is 0 Å². The first-order valence-corrected chi connectivity index (χ1v) is 9.23. The molecule has 1 N–H and O–H groups in total. The molecule has 2 rings (SSSR count). The zero-order valence-corrected chi connectivity index (χ0v) is 14.5. The largest absolute Gasteiger partial charge is 0.410 e. The lowest BCUT2D eigenvalue weighted by Crippen LogP contribution is -2.48. The van der Waals surface area contributed by atoms with Gasteiger partial charge in [-0.15, -0.1) is 0 Å². The van der Waals surface area contributed by atoms with E-state index in [1.165, 1.54) is 12.8 Å². The van der Waals surface area contributed by atoms with Crippen molar-refractivity contribution in [1.29, 1.82) is 0 Å². The molecule has 3 heteroatoms.